The predicted molar refractivity (Wildman–Crippen MR) is 146 cm³/mol. The van der Waals surface area contributed by atoms with Crippen molar-refractivity contribution in [1.82, 2.24) is 14.8 Å². The zero-order valence-electron chi connectivity index (χ0n) is 20.0. The highest BCUT2D eigenvalue weighted by molar-refractivity contribution is 7.93. The van der Waals surface area contributed by atoms with Gasteiger partial charge in [0.1, 0.15) is 16.9 Å². The third-order valence-corrected chi connectivity index (χ3v) is 7.84. The van der Waals surface area contributed by atoms with Crippen molar-refractivity contribution < 1.29 is 9.35 Å². The number of pyridine rings is 1. The molecule has 0 radical (unpaired) electrons. The van der Waals surface area contributed by atoms with Gasteiger partial charge in [-0.05, 0) is 60.5 Å². The van der Waals surface area contributed by atoms with Crippen molar-refractivity contribution in [2.75, 3.05) is 30.9 Å². The number of aromatic nitrogens is 1. The fraction of sp³-hybridized carbons (Fsp3) is 0.214. The third-order valence-electron chi connectivity index (χ3n) is 6.45. The first kappa shape index (κ1) is 24.6. The van der Waals surface area contributed by atoms with Gasteiger partial charge in [0.25, 0.3) is 5.91 Å². The number of nitrogens with one attached hydrogen (secondary N) is 1. The fourth-order valence-electron chi connectivity index (χ4n) is 4.43. The molecule has 1 aromatic heterocycles. The first-order valence-electron chi connectivity index (χ1n) is 11.9. The molecule has 0 aliphatic carbocycles. The lowest BCUT2D eigenvalue weighted by molar-refractivity contribution is 0.0628. The molecule has 6 nitrogen and oxygen atoms in total. The summed E-state index contributed by atoms with van der Waals surface area (Å²) in [6, 6.07) is 22.9. The molecule has 1 atom stereocenters. The van der Waals surface area contributed by atoms with Crippen molar-refractivity contribution in [2.24, 2.45) is 0 Å². The van der Waals surface area contributed by atoms with E-state index in [1.54, 1.807) is 12.3 Å². The lowest BCUT2D eigenvalue weighted by Gasteiger charge is -2.35. The number of anilines is 1. The van der Waals surface area contributed by atoms with E-state index in [1.165, 1.54) is 5.56 Å². The second kappa shape index (κ2) is 10.9. The van der Waals surface area contributed by atoms with Crippen molar-refractivity contribution >= 4 is 45.5 Å². The largest absolute Gasteiger partial charge is 0.588 e. The van der Waals surface area contributed by atoms with Crippen LogP contribution in [0.2, 0.25) is 5.02 Å². The summed E-state index contributed by atoms with van der Waals surface area (Å²) < 4.78 is 16.2. The Bertz CT molecular complexity index is 1370. The van der Waals surface area contributed by atoms with Crippen LogP contribution in [0.15, 0.2) is 83.9 Å². The number of aryl methyl sites for hydroxylation is 1. The minimum Gasteiger partial charge on any atom is -0.588 e. The topological polar surface area (TPSA) is 71.5 Å². The standard InChI is InChI=1S/C28H27ClN4O2S/c1-20-18-23(28(34)33-16-14-32(15-17-33)19-21-7-10-24(29)11-8-21)9-12-25(20)31-36(35)26-6-2-4-22-5-3-13-30-27(22)26/h2-13,18,31H,14-17,19H2,1H3. The van der Waals surface area contributed by atoms with Crippen LogP contribution in [0.5, 0.6) is 0 Å². The van der Waals surface area contributed by atoms with Crippen LogP contribution in [-0.4, -0.2) is 51.4 Å². The summed E-state index contributed by atoms with van der Waals surface area (Å²) in [4.78, 5) is 22.4. The molecule has 184 valence electrons. The van der Waals surface area contributed by atoms with Crippen LogP contribution < -0.4 is 4.72 Å². The Balaban J connectivity index is 1.21. The van der Waals surface area contributed by atoms with Crippen LogP contribution in [0, 0.1) is 6.92 Å². The van der Waals surface area contributed by atoms with Gasteiger partial charge in [-0.2, -0.15) is 0 Å². The van der Waals surface area contributed by atoms with E-state index in [2.05, 4.69) is 14.6 Å². The average Bonchev–Trinajstić information content (AvgIpc) is 2.91. The van der Waals surface area contributed by atoms with E-state index in [4.69, 9.17) is 11.6 Å². The summed E-state index contributed by atoms with van der Waals surface area (Å²) in [6.45, 7) is 5.78. The maximum atomic E-state index is 13.2. The van der Waals surface area contributed by atoms with Gasteiger partial charge >= 0.3 is 0 Å². The third kappa shape index (κ3) is 5.50. The van der Waals surface area contributed by atoms with Crippen LogP contribution in [0.25, 0.3) is 10.9 Å². The molecule has 5 rings (SSSR count). The summed E-state index contributed by atoms with van der Waals surface area (Å²) in [5.74, 6) is 0.0233. The van der Waals surface area contributed by atoms with Gasteiger partial charge in [-0.25, -0.2) is 4.72 Å². The molecule has 1 aliphatic heterocycles. The Morgan fingerprint density at radius 1 is 1.03 bits per heavy atom. The van der Waals surface area contributed by atoms with Crippen LogP contribution in [-0.2, 0) is 17.9 Å². The number of hydrogen-bond donors (Lipinski definition) is 1. The molecular formula is C28H27ClN4O2S. The van der Waals surface area contributed by atoms with Crippen LogP contribution >= 0.6 is 11.6 Å². The molecule has 1 aliphatic rings. The number of hydrogen-bond acceptors (Lipinski definition) is 5. The molecule has 36 heavy (non-hydrogen) atoms. The number of fused-ring (bicyclic) bond motifs is 1. The molecule has 0 saturated carbocycles. The summed E-state index contributed by atoms with van der Waals surface area (Å²) in [5.41, 5.74) is 4.16. The van der Waals surface area contributed by atoms with E-state index in [-0.39, 0.29) is 5.91 Å². The van der Waals surface area contributed by atoms with Crippen LogP contribution in [0.4, 0.5) is 5.69 Å². The minimum absolute atomic E-state index is 0.0233. The molecule has 0 bridgehead atoms. The van der Waals surface area contributed by atoms with E-state index < -0.39 is 11.4 Å². The molecular weight excluding hydrogens is 492 g/mol. The number of piperazine rings is 1. The highest BCUT2D eigenvalue weighted by Crippen LogP contribution is 2.26. The van der Waals surface area contributed by atoms with E-state index in [0.29, 0.717) is 29.1 Å². The first-order chi connectivity index (χ1) is 17.5. The van der Waals surface area contributed by atoms with E-state index >= 15 is 0 Å². The maximum Gasteiger partial charge on any atom is 0.253 e. The first-order valence-corrected chi connectivity index (χ1v) is 13.4. The van der Waals surface area contributed by atoms with Gasteiger partial charge in [-0.3, -0.25) is 14.7 Å². The highest BCUT2D eigenvalue weighted by atomic mass is 35.5. The van der Waals surface area contributed by atoms with Gasteiger partial charge in [0.2, 0.25) is 4.90 Å². The number of carbonyl (C=O) groups excluding carboxylic acids is 1. The minimum atomic E-state index is -1.48. The molecule has 2 heterocycles. The van der Waals surface area contributed by atoms with Crippen molar-refractivity contribution in [1.29, 1.82) is 0 Å². The fourth-order valence-corrected chi connectivity index (χ4v) is 5.64. The van der Waals surface area contributed by atoms with Crippen molar-refractivity contribution in [3.63, 3.8) is 0 Å². The van der Waals surface area contributed by atoms with Gasteiger partial charge in [-0.1, -0.05) is 41.9 Å². The number of nitrogens with zero attached hydrogens (tertiary/aromatic N) is 3. The highest BCUT2D eigenvalue weighted by Gasteiger charge is 2.23. The van der Waals surface area contributed by atoms with E-state index in [1.807, 2.05) is 78.6 Å². The second-order valence-electron chi connectivity index (χ2n) is 8.93. The van der Waals surface area contributed by atoms with Crippen LogP contribution in [0.3, 0.4) is 0 Å². The number of amides is 1. The molecule has 8 heteroatoms. The molecule has 1 amide bonds. The Hall–Kier alpha value is -3.10. The van der Waals surface area contributed by atoms with Gasteiger partial charge in [0, 0.05) is 54.9 Å². The molecule has 4 aromatic rings. The summed E-state index contributed by atoms with van der Waals surface area (Å²) in [7, 11) is 0. The lowest BCUT2D eigenvalue weighted by atomic mass is 10.1. The Morgan fingerprint density at radius 3 is 2.53 bits per heavy atom. The maximum absolute atomic E-state index is 13.2. The summed E-state index contributed by atoms with van der Waals surface area (Å²) in [6.07, 6.45) is 1.70. The van der Waals surface area contributed by atoms with Gasteiger partial charge < -0.3 is 9.45 Å². The Labute approximate surface area is 219 Å². The number of benzene rings is 3. The summed E-state index contributed by atoms with van der Waals surface area (Å²) in [5, 5.41) is 1.68. The SMILES string of the molecule is Cc1cc(C(=O)N2CCN(Cc3ccc(Cl)cc3)CC2)ccc1N[S+]([O-])c1cccc2cccnc12. The number of para-hydroxylation sites is 1. The Morgan fingerprint density at radius 2 is 1.78 bits per heavy atom. The van der Waals surface area contributed by atoms with E-state index in [0.717, 1.165) is 41.3 Å². The molecule has 0 spiro atoms. The number of rotatable bonds is 6. The smallest absolute Gasteiger partial charge is 0.253 e. The molecule has 3 aromatic carbocycles. The van der Waals surface area contributed by atoms with Gasteiger partial charge in [0.05, 0.1) is 5.69 Å². The monoisotopic (exact) mass is 518 g/mol. The molecule has 1 fully saturated rings. The number of halogens is 1. The van der Waals surface area contributed by atoms with Crippen molar-refractivity contribution in [3.8, 4) is 0 Å². The van der Waals surface area contributed by atoms with Crippen molar-refractivity contribution in [2.45, 2.75) is 18.4 Å². The number of carbonyl (C=O) groups is 1. The normalized spacial score (nSPS) is 15.1. The molecule has 1 N–H and O–H groups in total. The van der Waals surface area contributed by atoms with Gasteiger partial charge in [-0.15, -0.1) is 0 Å². The van der Waals surface area contributed by atoms with E-state index in [9.17, 15) is 9.35 Å². The quantitative estimate of drug-likeness (QED) is 0.351. The Kier molecular flexibility index (Phi) is 7.43. The average molecular weight is 519 g/mol. The summed E-state index contributed by atoms with van der Waals surface area (Å²) >= 11 is 4.50. The second-order valence-corrected chi connectivity index (χ2v) is 10.5. The molecule has 1 saturated heterocycles. The van der Waals surface area contributed by atoms with Gasteiger partial charge in [0.15, 0.2) is 0 Å². The zero-order valence-corrected chi connectivity index (χ0v) is 21.6. The zero-order chi connectivity index (χ0) is 25.1. The predicted octanol–water partition coefficient (Wildman–Crippen LogP) is 5.29. The van der Waals surface area contributed by atoms with Crippen LogP contribution in [0.1, 0.15) is 21.5 Å². The molecule has 1 unspecified atom stereocenters. The lowest BCUT2D eigenvalue weighted by Crippen LogP contribution is -2.48. The van der Waals surface area contributed by atoms with Crippen molar-refractivity contribution in [3.05, 3.63) is 101 Å².